The molecule has 1 N–H and O–H groups in total. The normalized spacial score (nSPS) is 11.3. The minimum absolute atomic E-state index is 0.0328. The Kier molecular flexibility index (Phi) is 4.22. The van der Waals surface area contributed by atoms with Crippen molar-refractivity contribution in [2.75, 3.05) is 5.32 Å². The van der Waals surface area contributed by atoms with Crippen LogP contribution in [0.4, 0.5) is 11.5 Å². The molecule has 7 nitrogen and oxygen atoms in total. The number of nitro groups is 1. The largest absolute Gasteiger partial charge is 0.307 e. The fourth-order valence-electron chi connectivity index (χ4n) is 2.30. The topological polar surface area (TPSA) is 90.1 Å². The number of rotatable bonds is 3. The highest BCUT2D eigenvalue weighted by Crippen LogP contribution is 2.23. The number of nitrogens with one attached hydrogen (secondary N) is 1. The summed E-state index contributed by atoms with van der Waals surface area (Å²) in [5.74, 6) is 0.278. The Balaban J connectivity index is 2.32. The molecule has 0 spiro atoms. The molecule has 0 fully saturated rings. The summed E-state index contributed by atoms with van der Waals surface area (Å²) in [5.41, 5.74) is 1.44. The molecule has 122 valence electrons. The first-order valence-electron chi connectivity index (χ1n) is 7.23. The average Bonchev–Trinajstić information content (AvgIpc) is 2.79. The molecule has 0 bridgehead atoms. The van der Waals surface area contributed by atoms with Gasteiger partial charge in [-0.15, -0.1) is 0 Å². The van der Waals surface area contributed by atoms with Crippen LogP contribution in [0.25, 0.3) is 0 Å². The van der Waals surface area contributed by atoms with Gasteiger partial charge in [0.25, 0.3) is 11.6 Å². The molecule has 0 aliphatic rings. The van der Waals surface area contributed by atoms with Gasteiger partial charge in [0.15, 0.2) is 0 Å². The van der Waals surface area contributed by atoms with E-state index in [2.05, 4.69) is 10.4 Å². The lowest BCUT2D eigenvalue weighted by atomic mass is 10.1. The second-order valence-corrected chi connectivity index (χ2v) is 6.46. The molecule has 0 atom stereocenters. The molecule has 0 saturated carbocycles. The predicted octanol–water partition coefficient (Wildman–Crippen LogP) is 3.42. The van der Waals surface area contributed by atoms with Crippen molar-refractivity contribution >= 4 is 17.4 Å². The summed E-state index contributed by atoms with van der Waals surface area (Å²) in [6.45, 7) is 9.51. The van der Waals surface area contributed by atoms with E-state index in [0.29, 0.717) is 16.9 Å². The second kappa shape index (κ2) is 5.83. The fraction of sp³-hybridized carbons (Fsp3) is 0.375. The number of carbonyl (C=O) groups is 1. The van der Waals surface area contributed by atoms with E-state index in [4.69, 9.17) is 0 Å². The fourth-order valence-corrected chi connectivity index (χ4v) is 2.30. The van der Waals surface area contributed by atoms with Crippen molar-refractivity contribution < 1.29 is 9.72 Å². The minimum Gasteiger partial charge on any atom is -0.307 e. The first-order valence-corrected chi connectivity index (χ1v) is 7.23. The molecule has 2 aromatic rings. The van der Waals surface area contributed by atoms with Crippen LogP contribution < -0.4 is 5.32 Å². The molecule has 7 heteroatoms. The zero-order chi connectivity index (χ0) is 17.4. The number of aryl methyl sites for hydroxylation is 2. The van der Waals surface area contributed by atoms with Crippen molar-refractivity contribution in [1.82, 2.24) is 9.78 Å². The van der Waals surface area contributed by atoms with Crippen LogP contribution in [0.5, 0.6) is 0 Å². The number of amides is 1. The van der Waals surface area contributed by atoms with Gasteiger partial charge in [-0.05, 0) is 46.2 Å². The van der Waals surface area contributed by atoms with Crippen LogP contribution in [0.3, 0.4) is 0 Å². The van der Waals surface area contributed by atoms with E-state index in [0.717, 1.165) is 5.69 Å². The van der Waals surface area contributed by atoms with E-state index in [-0.39, 0.29) is 17.1 Å². The Bertz CT molecular complexity index is 772. The molecule has 0 saturated heterocycles. The molecule has 23 heavy (non-hydrogen) atoms. The maximum absolute atomic E-state index is 12.5. The number of non-ortho nitro benzene ring substituents is 1. The molecular weight excluding hydrogens is 296 g/mol. The third-order valence-corrected chi connectivity index (χ3v) is 3.37. The van der Waals surface area contributed by atoms with Gasteiger partial charge in [-0.25, -0.2) is 4.68 Å². The Labute approximate surface area is 134 Å². The molecule has 0 radical (unpaired) electrons. The quantitative estimate of drug-likeness (QED) is 0.694. The highest BCUT2D eigenvalue weighted by Gasteiger charge is 2.21. The van der Waals surface area contributed by atoms with Gasteiger partial charge in [-0.1, -0.05) is 0 Å². The highest BCUT2D eigenvalue weighted by molar-refractivity contribution is 6.05. The standard InChI is InChI=1S/C16H20N4O3/c1-10-8-12(20(22)23)6-7-13(10)15(21)17-14-9-11(2)18-19(14)16(3,4)5/h6-9H,1-5H3,(H,17,21). The van der Waals surface area contributed by atoms with E-state index in [1.807, 2.05) is 27.7 Å². The Morgan fingerprint density at radius 2 is 1.91 bits per heavy atom. The van der Waals surface area contributed by atoms with E-state index in [1.54, 1.807) is 17.7 Å². The van der Waals surface area contributed by atoms with Gasteiger partial charge in [0.2, 0.25) is 0 Å². The van der Waals surface area contributed by atoms with Gasteiger partial charge < -0.3 is 5.32 Å². The minimum atomic E-state index is -0.479. The van der Waals surface area contributed by atoms with Crippen LogP contribution in [0, 0.1) is 24.0 Å². The summed E-state index contributed by atoms with van der Waals surface area (Å²) in [6, 6.07) is 5.98. The second-order valence-electron chi connectivity index (χ2n) is 6.46. The van der Waals surface area contributed by atoms with Crippen LogP contribution in [0.2, 0.25) is 0 Å². The van der Waals surface area contributed by atoms with Crippen LogP contribution in [0.1, 0.15) is 42.4 Å². The molecule has 2 rings (SSSR count). The number of nitro benzene ring substituents is 1. The van der Waals surface area contributed by atoms with Crippen LogP contribution in [0.15, 0.2) is 24.3 Å². The number of hydrogen-bond acceptors (Lipinski definition) is 4. The maximum atomic E-state index is 12.5. The number of aromatic nitrogens is 2. The molecule has 1 aromatic carbocycles. The summed E-state index contributed by atoms with van der Waals surface area (Å²) >= 11 is 0. The third kappa shape index (κ3) is 3.56. The van der Waals surface area contributed by atoms with Gasteiger partial charge in [-0.2, -0.15) is 5.10 Å². The van der Waals surface area contributed by atoms with E-state index in [9.17, 15) is 14.9 Å². The van der Waals surface area contributed by atoms with Crippen molar-refractivity contribution in [2.45, 2.75) is 40.2 Å². The summed E-state index contributed by atoms with van der Waals surface area (Å²) < 4.78 is 1.75. The number of nitrogens with zero attached hydrogens (tertiary/aromatic N) is 3. The number of hydrogen-bond donors (Lipinski definition) is 1. The van der Waals surface area contributed by atoms with Gasteiger partial charge in [0.1, 0.15) is 5.82 Å². The molecule has 1 amide bonds. The number of benzene rings is 1. The summed E-state index contributed by atoms with van der Waals surface area (Å²) in [4.78, 5) is 22.8. The summed E-state index contributed by atoms with van der Waals surface area (Å²) in [7, 11) is 0. The maximum Gasteiger partial charge on any atom is 0.269 e. The summed E-state index contributed by atoms with van der Waals surface area (Å²) in [6.07, 6.45) is 0. The molecule has 1 aromatic heterocycles. The van der Waals surface area contributed by atoms with Gasteiger partial charge >= 0.3 is 0 Å². The summed E-state index contributed by atoms with van der Waals surface area (Å²) in [5, 5.41) is 18.0. The molecule has 0 unspecified atom stereocenters. The highest BCUT2D eigenvalue weighted by atomic mass is 16.6. The van der Waals surface area contributed by atoms with Crippen LogP contribution >= 0.6 is 0 Å². The predicted molar refractivity (Wildman–Crippen MR) is 87.7 cm³/mol. The zero-order valence-electron chi connectivity index (χ0n) is 13.9. The Morgan fingerprint density at radius 3 is 2.43 bits per heavy atom. The van der Waals surface area contributed by atoms with Crippen molar-refractivity contribution in [3.8, 4) is 0 Å². The van der Waals surface area contributed by atoms with Crippen molar-refractivity contribution in [3.63, 3.8) is 0 Å². The molecule has 0 aliphatic heterocycles. The molecular formula is C16H20N4O3. The van der Waals surface area contributed by atoms with E-state index in [1.165, 1.54) is 18.2 Å². The van der Waals surface area contributed by atoms with E-state index < -0.39 is 4.92 Å². The number of carbonyl (C=O) groups excluding carboxylic acids is 1. The lowest BCUT2D eigenvalue weighted by molar-refractivity contribution is -0.384. The van der Waals surface area contributed by atoms with Crippen molar-refractivity contribution in [2.24, 2.45) is 0 Å². The van der Waals surface area contributed by atoms with E-state index >= 15 is 0 Å². The van der Waals surface area contributed by atoms with Crippen LogP contribution in [-0.4, -0.2) is 20.6 Å². The van der Waals surface area contributed by atoms with Gasteiger partial charge in [-0.3, -0.25) is 14.9 Å². The first-order chi connectivity index (χ1) is 10.6. The Morgan fingerprint density at radius 1 is 1.26 bits per heavy atom. The average molecular weight is 316 g/mol. The zero-order valence-corrected chi connectivity index (χ0v) is 13.9. The van der Waals surface area contributed by atoms with Gasteiger partial charge in [0.05, 0.1) is 16.2 Å². The van der Waals surface area contributed by atoms with Crippen LogP contribution in [-0.2, 0) is 5.54 Å². The monoisotopic (exact) mass is 316 g/mol. The lowest BCUT2D eigenvalue weighted by Gasteiger charge is -2.22. The lowest BCUT2D eigenvalue weighted by Crippen LogP contribution is -2.27. The SMILES string of the molecule is Cc1cc(NC(=O)c2ccc([N+](=O)[O-])cc2C)n(C(C)(C)C)n1. The van der Waals surface area contributed by atoms with Gasteiger partial charge in [0, 0.05) is 23.8 Å². The van der Waals surface area contributed by atoms with Crippen molar-refractivity contribution in [3.05, 3.63) is 51.2 Å². The first kappa shape index (κ1) is 16.7. The molecule has 0 aliphatic carbocycles. The smallest absolute Gasteiger partial charge is 0.269 e. The Hall–Kier alpha value is -2.70. The number of anilines is 1. The van der Waals surface area contributed by atoms with Crippen molar-refractivity contribution in [1.29, 1.82) is 0 Å². The molecule has 1 heterocycles. The third-order valence-electron chi connectivity index (χ3n) is 3.37.